The van der Waals surface area contributed by atoms with Crippen molar-refractivity contribution in [3.8, 4) is 22.8 Å². The minimum atomic E-state index is -4.73. The number of hydrogen-bond acceptors (Lipinski definition) is 10. The standard InChI is InChI=1S/C35H43F3N6O5/c1-34(2,3)49-33(45)44-19-24(20-44)21-46-17-16-42-12-14-43(15-13-42)31-29-10-6-25-18-27(9-11-28(25)30(29)40-32(39)41-31)47-22-23-4-7-26(8-5-23)48-35(36,37)38/h4-5,7-9,11,18,24H,6,10,12-17,19-22H2,1-3H3,(H2,39,40,41). The van der Waals surface area contributed by atoms with Gasteiger partial charge in [0.15, 0.2) is 0 Å². The van der Waals surface area contributed by atoms with Crippen LogP contribution in [0.5, 0.6) is 11.5 Å². The van der Waals surface area contributed by atoms with Crippen LogP contribution in [0.25, 0.3) is 11.3 Å². The number of likely N-dealkylation sites (tertiary alicyclic amines) is 1. The van der Waals surface area contributed by atoms with Gasteiger partial charge in [0.05, 0.1) is 18.9 Å². The molecule has 6 rings (SSSR count). The molecule has 1 amide bonds. The molecule has 0 saturated carbocycles. The van der Waals surface area contributed by atoms with E-state index in [0.717, 1.165) is 79.3 Å². The number of aryl methyl sites for hydroxylation is 1. The predicted octanol–water partition coefficient (Wildman–Crippen LogP) is 5.31. The van der Waals surface area contributed by atoms with Gasteiger partial charge in [-0.15, -0.1) is 13.2 Å². The first-order valence-electron chi connectivity index (χ1n) is 16.6. The summed E-state index contributed by atoms with van der Waals surface area (Å²) in [4.78, 5) is 27.8. The molecule has 2 N–H and O–H groups in total. The normalized spacial score (nSPS) is 16.9. The predicted molar refractivity (Wildman–Crippen MR) is 178 cm³/mol. The summed E-state index contributed by atoms with van der Waals surface area (Å²) in [6, 6.07) is 11.5. The first-order valence-corrected chi connectivity index (χ1v) is 16.6. The average Bonchev–Trinajstić information content (AvgIpc) is 3.01. The van der Waals surface area contributed by atoms with Crippen LogP contribution < -0.4 is 20.1 Å². The average molecular weight is 685 g/mol. The molecule has 14 heteroatoms. The van der Waals surface area contributed by atoms with E-state index in [2.05, 4.69) is 24.5 Å². The number of nitrogens with zero attached hydrogens (tertiary/aromatic N) is 5. The minimum absolute atomic E-state index is 0.203. The van der Waals surface area contributed by atoms with E-state index in [4.69, 9.17) is 19.9 Å². The van der Waals surface area contributed by atoms with Crippen LogP contribution in [0.3, 0.4) is 0 Å². The molecule has 1 aliphatic carbocycles. The summed E-state index contributed by atoms with van der Waals surface area (Å²) in [5.41, 5.74) is 10.5. The molecule has 2 fully saturated rings. The van der Waals surface area contributed by atoms with Crippen LogP contribution >= 0.6 is 0 Å². The zero-order valence-electron chi connectivity index (χ0n) is 28.1. The van der Waals surface area contributed by atoms with Crippen LogP contribution in [0.1, 0.15) is 37.5 Å². The van der Waals surface area contributed by atoms with Crippen LogP contribution in [0, 0.1) is 5.92 Å². The number of amides is 1. The number of hydrogen-bond donors (Lipinski definition) is 1. The fourth-order valence-corrected chi connectivity index (χ4v) is 6.29. The number of piperazine rings is 1. The number of alkyl halides is 3. The summed E-state index contributed by atoms with van der Waals surface area (Å²) < 4.78 is 58.6. The zero-order valence-corrected chi connectivity index (χ0v) is 28.1. The molecular formula is C35H43F3N6O5. The molecule has 0 bridgehead atoms. The Kier molecular flexibility index (Phi) is 10.1. The second-order valence-electron chi connectivity index (χ2n) is 13.7. The third-order valence-electron chi connectivity index (χ3n) is 8.73. The van der Waals surface area contributed by atoms with Crippen LogP contribution in [0.4, 0.5) is 29.7 Å². The van der Waals surface area contributed by atoms with Crippen molar-refractivity contribution in [3.05, 3.63) is 59.2 Å². The lowest BCUT2D eigenvalue weighted by molar-refractivity contribution is -0.274. The molecule has 0 radical (unpaired) electrons. The Bertz CT molecular complexity index is 1620. The van der Waals surface area contributed by atoms with Gasteiger partial charge < -0.3 is 34.5 Å². The molecule has 1 aromatic heterocycles. The van der Waals surface area contributed by atoms with Crippen molar-refractivity contribution in [3.63, 3.8) is 0 Å². The van der Waals surface area contributed by atoms with Gasteiger partial charge in [-0.3, -0.25) is 4.90 Å². The van der Waals surface area contributed by atoms with Gasteiger partial charge in [-0.05, 0) is 75.1 Å². The molecule has 2 aromatic carbocycles. The number of ether oxygens (including phenoxy) is 4. The zero-order chi connectivity index (χ0) is 34.8. The first kappa shape index (κ1) is 34.6. The number of carbonyl (C=O) groups excluding carboxylic acids is 1. The van der Waals surface area contributed by atoms with Gasteiger partial charge in [0.25, 0.3) is 0 Å². The molecule has 2 saturated heterocycles. The molecular weight excluding hydrogens is 641 g/mol. The summed E-state index contributed by atoms with van der Waals surface area (Å²) in [5, 5.41) is 0. The Morgan fingerprint density at radius 3 is 2.37 bits per heavy atom. The van der Waals surface area contributed by atoms with Crippen LogP contribution in [0.15, 0.2) is 42.5 Å². The number of carbonyl (C=O) groups is 1. The lowest BCUT2D eigenvalue weighted by Crippen LogP contribution is -2.53. The SMILES string of the molecule is CC(C)(C)OC(=O)N1CC(COCCN2CCN(c3nc(N)nc4c3CCc3cc(OCc5ccc(OC(F)(F)F)cc5)ccc3-4)CC2)C1. The van der Waals surface area contributed by atoms with Crippen LogP contribution in [-0.2, 0) is 28.9 Å². The highest BCUT2D eigenvalue weighted by Crippen LogP contribution is 2.39. The van der Waals surface area contributed by atoms with E-state index in [1.54, 1.807) is 17.0 Å². The second-order valence-corrected chi connectivity index (χ2v) is 13.7. The molecule has 0 atom stereocenters. The van der Waals surface area contributed by atoms with E-state index in [1.807, 2.05) is 39.0 Å². The lowest BCUT2D eigenvalue weighted by Gasteiger charge is -2.40. The molecule has 0 unspecified atom stereocenters. The minimum Gasteiger partial charge on any atom is -0.489 e. The van der Waals surface area contributed by atoms with Gasteiger partial charge in [0, 0.05) is 62.9 Å². The first-order chi connectivity index (χ1) is 23.3. The summed E-state index contributed by atoms with van der Waals surface area (Å²) in [7, 11) is 0. The summed E-state index contributed by atoms with van der Waals surface area (Å²) in [5.74, 6) is 1.86. The van der Waals surface area contributed by atoms with Crippen molar-refractivity contribution in [2.24, 2.45) is 5.92 Å². The molecule has 0 spiro atoms. The van der Waals surface area contributed by atoms with E-state index in [1.165, 1.54) is 12.1 Å². The van der Waals surface area contributed by atoms with E-state index in [-0.39, 0.29) is 24.4 Å². The maximum absolute atomic E-state index is 12.4. The van der Waals surface area contributed by atoms with Crippen molar-refractivity contribution in [2.45, 2.75) is 52.2 Å². The van der Waals surface area contributed by atoms with Gasteiger partial charge in [-0.25, -0.2) is 9.78 Å². The number of rotatable bonds is 10. The number of anilines is 2. The highest BCUT2D eigenvalue weighted by molar-refractivity contribution is 5.76. The molecule has 49 heavy (non-hydrogen) atoms. The molecule has 3 aromatic rings. The third-order valence-corrected chi connectivity index (χ3v) is 8.73. The lowest BCUT2D eigenvalue weighted by atomic mass is 9.88. The molecule has 11 nitrogen and oxygen atoms in total. The summed E-state index contributed by atoms with van der Waals surface area (Å²) in [6.07, 6.45) is -3.43. The number of aromatic nitrogens is 2. The monoisotopic (exact) mass is 684 g/mol. The van der Waals surface area contributed by atoms with Crippen molar-refractivity contribution in [1.82, 2.24) is 19.8 Å². The van der Waals surface area contributed by atoms with Crippen LogP contribution in [0.2, 0.25) is 0 Å². The van der Waals surface area contributed by atoms with Gasteiger partial charge in [0.2, 0.25) is 5.95 Å². The fourth-order valence-electron chi connectivity index (χ4n) is 6.29. The van der Waals surface area contributed by atoms with Crippen molar-refractivity contribution >= 4 is 17.9 Å². The summed E-state index contributed by atoms with van der Waals surface area (Å²) >= 11 is 0. The Labute approximate surface area is 284 Å². The van der Waals surface area contributed by atoms with E-state index < -0.39 is 12.0 Å². The van der Waals surface area contributed by atoms with Crippen LogP contribution in [-0.4, -0.2) is 96.9 Å². The van der Waals surface area contributed by atoms with Gasteiger partial charge in [-0.2, -0.15) is 4.98 Å². The quantitative estimate of drug-likeness (QED) is 0.282. The highest BCUT2D eigenvalue weighted by Gasteiger charge is 2.34. The third kappa shape index (κ3) is 9.04. The fraction of sp³-hybridized carbons (Fsp3) is 0.514. The molecule has 2 aliphatic heterocycles. The largest absolute Gasteiger partial charge is 0.573 e. The maximum Gasteiger partial charge on any atom is 0.573 e. The number of benzene rings is 2. The Morgan fingerprint density at radius 2 is 1.67 bits per heavy atom. The van der Waals surface area contributed by atoms with Gasteiger partial charge >= 0.3 is 12.5 Å². The smallest absolute Gasteiger partial charge is 0.489 e. The number of fused-ring (bicyclic) bond motifs is 3. The van der Waals surface area contributed by atoms with E-state index in [9.17, 15) is 18.0 Å². The number of nitrogen functional groups attached to an aromatic ring is 1. The Balaban J connectivity index is 0.977. The highest BCUT2D eigenvalue weighted by atomic mass is 19.4. The second kappa shape index (κ2) is 14.3. The maximum atomic E-state index is 12.4. The van der Waals surface area contributed by atoms with Gasteiger partial charge in [-0.1, -0.05) is 12.1 Å². The van der Waals surface area contributed by atoms with Crippen molar-refractivity contribution in [1.29, 1.82) is 0 Å². The van der Waals surface area contributed by atoms with Gasteiger partial charge in [0.1, 0.15) is 29.5 Å². The molecule has 3 heterocycles. The molecule has 264 valence electrons. The van der Waals surface area contributed by atoms with E-state index in [0.29, 0.717) is 38.0 Å². The van der Waals surface area contributed by atoms with Crippen molar-refractivity contribution in [2.75, 3.05) is 69.7 Å². The van der Waals surface area contributed by atoms with Crippen molar-refractivity contribution < 1.29 is 36.9 Å². The van der Waals surface area contributed by atoms with E-state index >= 15 is 0 Å². The molecule has 3 aliphatic rings. The Morgan fingerprint density at radius 1 is 0.959 bits per heavy atom. The number of halogens is 3. The summed E-state index contributed by atoms with van der Waals surface area (Å²) in [6.45, 7) is 12.7. The Hall–Kier alpha value is -4.30. The topological polar surface area (TPSA) is 116 Å². The number of nitrogens with two attached hydrogens (primary N) is 1.